The number of methoxy groups -OCH3 is 1. The smallest absolute Gasteiger partial charge is 0.250 e. The summed E-state index contributed by atoms with van der Waals surface area (Å²) in [6.07, 6.45) is 0. The van der Waals surface area contributed by atoms with Gasteiger partial charge in [0.2, 0.25) is 5.56 Å². The Morgan fingerprint density at radius 1 is 1.02 bits per heavy atom. The first-order valence-electron chi connectivity index (χ1n) is 14.2. The lowest BCUT2D eigenvalue weighted by Gasteiger charge is -2.29. The minimum Gasteiger partial charge on any atom is -0.383 e. The van der Waals surface area contributed by atoms with Gasteiger partial charge in [-0.1, -0.05) is 41.7 Å². The number of nitrogens with zero attached hydrogens (tertiary/aromatic N) is 2. The topological polar surface area (TPSA) is 91.5 Å². The van der Waals surface area contributed by atoms with Crippen LogP contribution in [0.3, 0.4) is 0 Å². The molecule has 3 N–H and O–H groups in total. The molecule has 2 aromatic carbocycles. The summed E-state index contributed by atoms with van der Waals surface area (Å²) in [7, 11) is 1.71. The molecule has 2 aliphatic heterocycles. The van der Waals surface area contributed by atoms with Crippen LogP contribution in [0.1, 0.15) is 17.4 Å². The molecule has 0 saturated carbocycles. The molecule has 0 bridgehead atoms. The molecule has 1 atom stereocenters. The summed E-state index contributed by atoms with van der Waals surface area (Å²) in [6, 6.07) is 22.8. The van der Waals surface area contributed by atoms with Crippen LogP contribution < -0.4 is 21.1 Å². The molecule has 0 radical (unpaired) electrons. The molecule has 1 saturated heterocycles. The fourth-order valence-electron chi connectivity index (χ4n) is 5.19. The first kappa shape index (κ1) is 28.8. The van der Waals surface area contributed by atoms with E-state index in [-0.39, 0.29) is 11.6 Å². The van der Waals surface area contributed by atoms with Crippen LogP contribution in [0.25, 0.3) is 11.3 Å². The molecular weight excluding hydrogens is 567 g/mol. The summed E-state index contributed by atoms with van der Waals surface area (Å²) in [4.78, 5) is 27.5. The van der Waals surface area contributed by atoms with Gasteiger partial charge in [0.15, 0.2) is 0 Å². The van der Waals surface area contributed by atoms with Gasteiger partial charge in [-0.3, -0.25) is 9.78 Å². The molecule has 8 nitrogen and oxygen atoms in total. The van der Waals surface area contributed by atoms with Crippen LogP contribution in [-0.4, -0.2) is 63.1 Å². The summed E-state index contributed by atoms with van der Waals surface area (Å²) in [6.45, 7) is 7.11. The Balaban J connectivity index is 1.24. The van der Waals surface area contributed by atoms with Crippen molar-refractivity contribution in [1.29, 1.82) is 0 Å². The third kappa shape index (κ3) is 6.68. The number of fused-ring (bicyclic) bond motifs is 2. The lowest BCUT2D eigenvalue weighted by atomic mass is 10.1. The van der Waals surface area contributed by atoms with Crippen LogP contribution in [0.4, 0.5) is 11.4 Å². The van der Waals surface area contributed by atoms with E-state index >= 15 is 0 Å². The van der Waals surface area contributed by atoms with E-state index in [4.69, 9.17) is 14.5 Å². The van der Waals surface area contributed by atoms with Gasteiger partial charge in [0, 0.05) is 81.6 Å². The monoisotopic (exact) mass is 601 g/mol. The standard InChI is InChI=1S/C32H35N5O3S2/c1-21-5-3-7-25(34-21)27(20-33-11-14-39-2)35-22-9-10-28-30(17-22)41-29-8-4-6-24(32(29)42-28)26-18-23(19-31(38)36-26)37-12-15-40-16-13-37/h3-10,17-19,27,33,35H,11-16,20H2,1-2H3,(H,36,38). The highest BCUT2D eigenvalue weighted by Crippen LogP contribution is 2.52. The van der Waals surface area contributed by atoms with Crippen LogP contribution in [0.5, 0.6) is 0 Å². The van der Waals surface area contributed by atoms with E-state index in [1.807, 2.05) is 13.0 Å². The number of pyridine rings is 2. The Morgan fingerprint density at radius 3 is 2.71 bits per heavy atom. The summed E-state index contributed by atoms with van der Waals surface area (Å²) < 4.78 is 10.7. The second-order valence-corrected chi connectivity index (χ2v) is 12.4. The highest BCUT2D eigenvalue weighted by molar-refractivity contribution is 8.05. The highest BCUT2D eigenvalue weighted by Gasteiger charge is 2.23. The maximum absolute atomic E-state index is 12.7. The van der Waals surface area contributed by atoms with Gasteiger partial charge in [0.1, 0.15) is 0 Å². The van der Waals surface area contributed by atoms with Gasteiger partial charge in [-0.05, 0) is 49.4 Å². The van der Waals surface area contributed by atoms with Crippen LogP contribution >= 0.6 is 23.5 Å². The number of aromatic amines is 1. The zero-order valence-electron chi connectivity index (χ0n) is 23.8. The maximum atomic E-state index is 12.7. The SMILES string of the molecule is COCCNCC(Nc1ccc2c(c1)Sc1cccc(-c3cc(N4CCOCC4)cc(=O)[nH]3)c1S2)c1cccc(C)n1. The molecule has 42 heavy (non-hydrogen) atoms. The number of hydrogen-bond donors (Lipinski definition) is 3. The number of benzene rings is 2. The van der Waals surface area contributed by atoms with E-state index in [0.29, 0.717) is 19.8 Å². The minimum atomic E-state index is -0.0921. The van der Waals surface area contributed by atoms with Crippen molar-refractivity contribution in [3.63, 3.8) is 0 Å². The Morgan fingerprint density at radius 2 is 1.88 bits per heavy atom. The molecule has 0 aliphatic carbocycles. The van der Waals surface area contributed by atoms with Crippen LogP contribution in [0.15, 0.2) is 91.1 Å². The van der Waals surface area contributed by atoms with Gasteiger partial charge in [0.25, 0.3) is 0 Å². The zero-order valence-corrected chi connectivity index (χ0v) is 25.4. The van der Waals surface area contributed by atoms with Gasteiger partial charge >= 0.3 is 0 Å². The Labute approximate surface area is 254 Å². The number of ether oxygens (including phenoxy) is 2. The number of hydrogen-bond acceptors (Lipinski definition) is 9. The first-order valence-corrected chi connectivity index (χ1v) is 15.8. The quantitative estimate of drug-likeness (QED) is 0.177. The van der Waals surface area contributed by atoms with E-state index in [0.717, 1.165) is 65.1 Å². The second-order valence-electron chi connectivity index (χ2n) is 10.3. The number of anilines is 2. The molecule has 218 valence electrons. The maximum Gasteiger partial charge on any atom is 0.250 e. The van der Waals surface area contributed by atoms with Crippen molar-refractivity contribution >= 4 is 34.9 Å². The Hall–Kier alpha value is -3.28. The molecule has 1 unspecified atom stereocenters. The molecule has 10 heteroatoms. The number of aromatic nitrogens is 2. The zero-order chi connectivity index (χ0) is 28.9. The van der Waals surface area contributed by atoms with E-state index in [9.17, 15) is 4.79 Å². The largest absolute Gasteiger partial charge is 0.383 e. The summed E-state index contributed by atoms with van der Waals surface area (Å²) in [5.74, 6) is 0. The molecule has 4 aromatic rings. The molecule has 1 fully saturated rings. The van der Waals surface area contributed by atoms with Gasteiger partial charge in [0.05, 0.1) is 37.3 Å². The molecular formula is C32H35N5O3S2. The number of nitrogens with one attached hydrogen (secondary N) is 3. The normalized spacial score (nSPS) is 15.1. The summed E-state index contributed by atoms with van der Waals surface area (Å²) in [5, 5.41) is 7.19. The number of aryl methyl sites for hydroxylation is 1. The average molecular weight is 602 g/mol. The Bertz CT molecular complexity index is 1610. The average Bonchev–Trinajstić information content (AvgIpc) is 3.01. The highest BCUT2D eigenvalue weighted by atomic mass is 32.2. The van der Waals surface area contributed by atoms with Crippen LogP contribution in [0.2, 0.25) is 0 Å². The first-order chi connectivity index (χ1) is 20.6. The molecule has 2 aromatic heterocycles. The van der Waals surface area contributed by atoms with E-state index in [1.54, 1.807) is 36.7 Å². The molecule has 2 aliphatic rings. The van der Waals surface area contributed by atoms with Gasteiger partial charge < -0.3 is 30.0 Å². The van der Waals surface area contributed by atoms with Gasteiger partial charge in [-0.2, -0.15) is 0 Å². The van der Waals surface area contributed by atoms with Gasteiger partial charge in [-0.25, -0.2) is 0 Å². The van der Waals surface area contributed by atoms with E-state index in [1.165, 1.54) is 14.7 Å². The fourth-order valence-corrected chi connectivity index (χ4v) is 7.60. The van der Waals surface area contributed by atoms with Crippen molar-refractivity contribution in [2.75, 3.05) is 63.3 Å². The minimum absolute atomic E-state index is 0.00973. The van der Waals surface area contributed by atoms with Crippen molar-refractivity contribution in [2.45, 2.75) is 32.5 Å². The fraction of sp³-hybridized carbons (Fsp3) is 0.312. The van der Waals surface area contributed by atoms with Crippen LogP contribution in [0, 0.1) is 6.92 Å². The molecule has 4 heterocycles. The molecule has 0 amide bonds. The van der Waals surface area contributed by atoms with Crippen molar-refractivity contribution in [1.82, 2.24) is 15.3 Å². The third-order valence-corrected chi connectivity index (χ3v) is 9.89. The second kappa shape index (κ2) is 13.4. The Kier molecular flexibility index (Phi) is 9.16. The number of rotatable bonds is 10. The predicted molar refractivity (Wildman–Crippen MR) is 170 cm³/mol. The van der Waals surface area contributed by atoms with Crippen molar-refractivity contribution in [3.05, 3.63) is 88.5 Å². The lowest BCUT2D eigenvalue weighted by molar-refractivity contribution is 0.122. The number of H-pyrrole nitrogens is 1. The van der Waals surface area contributed by atoms with Crippen molar-refractivity contribution in [3.8, 4) is 11.3 Å². The number of morpholine rings is 1. The van der Waals surface area contributed by atoms with E-state index in [2.05, 4.69) is 75.1 Å². The molecule has 0 spiro atoms. The summed E-state index contributed by atoms with van der Waals surface area (Å²) >= 11 is 3.52. The summed E-state index contributed by atoms with van der Waals surface area (Å²) in [5.41, 5.74) is 5.77. The van der Waals surface area contributed by atoms with Crippen LogP contribution in [-0.2, 0) is 9.47 Å². The predicted octanol–water partition coefficient (Wildman–Crippen LogP) is 5.59. The van der Waals surface area contributed by atoms with Crippen molar-refractivity contribution < 1.29 is 9.47 Å². The molecule has 6 rings (SSSR count). The van der Waals surface area contributed by atoms with E-state index < -0.39 is 0 Å². The third-order valence-electron chi connectivity index (χ3n) is 7.29. The lowest BCUT2D eigenvalue weighted by Crippen LogP contribution is -2.36. The van der Waals surface area contributed by atoms with Gasteiger partial charge in [-0.15, -0.1) is 0 Å². The van der Waals surface area contributed by atoms with Crippen molar-refractivity contribution in [2.24, 2.45) is 0 Å².